The predicted molar refractivity (Wildman–Crippen MR) is 78.1 cm³/mol. The van der Waals surface area contributed by atoms with Crippen molar-refractivity contribution >= 4 is 38.9 Å². The number of carbonyl (C=O) groups is 1. The van der Waals surface area contributed by atoms with E-state index in [0.717, 1.165) is 0 Å². The van der Waals surface area contributed by atoms with Crippen molar-refractivity contribution in [2.45, 2.75) is 12.6 Å². The van der Waals surface area contributed by atoms with Gasteiger partial charge in [-0.1, -0.05) is 15.9 Å². The second-order valence-corrected chi connectivity index (χ2v) is 5.51. The van der Waals surface area contributed by atoms with E-state index in [4.69, 9.17) is 0 Å². The fourth-order valence-corrected chi connectivity index (χ4v) is 2.10. The standard InChI is InChI=1S/C12H11BrF3N4O4/c13-7-1-2-8-9(5-7)20(23)18-11(19(8)22)17-4-3-10(21)24-6-12(14,15)16/h1-2,5,22H,3-4,6H2,(H,17,18,23)/q+1. The number of alkyl halides is 3. The van der Waals surface area contributed by atoms with Crippen molar-refractivity contribution in [1.29, 1.82) is 0 Å². The highest BCUT2D eigenvalue weighted by atomic mass is 79.9. The molecule has 0 saturated heterocycles. The lowest BCUT2D eigenvalue weighted by molar-refractivity contribution is -0.535. The van der Waals surface area contributed by atoms with E-state index in [0.29, 0.717) is 9.20 Å². The molecule has 0 bridgehead atoms. The van der Waals surface area contributed by atoms with Gasteiger partial charge in [-0.25, -0.2) is 0 Å². The summed E-state index contributed by atoms with van der Waals surface area (Å²) in [7, 11) is 0. The van der Waals surface area contributed by atoms with Crippen molar-refractivity contribution in [2.24, 2.45) is 0 Å². The van der Waals surface area contributed by atoms with Crippen LogP contribution in [0.5, 0.6) is 0 Å². The molecule has 0 aliphatic carbocycles. The van der Waals surface area contributed by atoms with Gasteiger partial charge in [0, 0.05) is 17.1 Å². The number of fused-ring (bicyclic) bond motifs is 1. The van der Waals surface area contributed by atoms with Crippen LogP contribution in [0.2, 0.25) is 0 Å². The molecular weight excluding hydrogens is 401 g/mol. The lowest BCUT2D eigenvalue weighted by Gasteiger charge is -2.09. The Hall–Kier alpha value is -2.37. The Bertz CT molecular complexity index is 824. The average Bonchev–Trinajstić information content (AvgIpc) is 2.49. The number of benzene rings is 1. The highest BCUT2D eigenvalue weighted by molar-refractivity contribution is 9.10. The maximum atomic E-state index is 11.9. The van der Waals surface area contributed by atoms with Crippen LogP contribution in [0.25, 0.3) is 11.0 Å². The largest absolute Gasteiger partial charge is 0.456 e. The van der Waals surface area contributed by atoms with E-state index in [2.05, 4.69) is 31.1 Å². The number of ether oxygens (including phenoxy) is 1. The third-order valence-electron chi connectivity index (χ3n) is 2.77. The maximum absolute atomic E-state index is 11.9. The van der Waals surface area contributed by atoms with Crippen LogP contribution in [0.4, 0.5) is 19.1 Å². The van der Waals surface area contributed by atoms with Crippen molar-refractivity contribution in [2.75, 3.05) is 18.5 Å². The molecule has 0 aliphatic rings. The van der Waals surface area contributed by atoms with Crippen molar-refractivity contribution in [3.63, 3.8) is 0 Å². The molecule has 2 N–H and O–H groups in total. The Morgan fingerprint density at radius 1 is 1.46 bits per heavy atom. The average molecular weight is 412 g/mol. The van der Waals surface area contributed by atoms with Gasteiger partial charge in [0.2, 0.25) is 0 Å². The molecule has 1 aromatic carbocycles. The lowest BCUT2D eigenvalue weighted by Crippen LogP contribution is -2.27. The lowest BCUT2D eigenvalue weighted by atomic mass is 10.3. The molecule has 130 valence electrons. The van der Waals surface area contributed by atoms with Gasteiger partial charge in [0.05, 0.1) is 16.4 Å². The molecule has 0 fully saturated rings. The zero-order valence-electron chi connectivity index (χ0n) is 11.9. The van der Waals surface area contributed by atoms with Gasteiger partial charge in [-0.2, -0.15) is 13.2 Å². The van der Waals surface area contributed by atoms with Crippen LogP contribution in [0.1, 0.15) is 6.42 Å². The normalized spacial score (nSPS) is 11.5. The number of rotatable bonds is 5. The summed E-state index contributed by atoms with van der Waals surface area (Å²) in [6, 6.07) is 4.49. The quantitative estimate of drug-likeness (QED) is 0.442. The topological polar surface area (TPSA) is 99.4 Å². The summed E-state index contributed by atoms with van der Waals surface area (Å²) >= 11 is 3.18. The molecule has 2 rings (SSSR count). The number of halogens is 4. The van der Waals surface area contributed by atoms with Crippen LogP contribution in [0.3, 0.4) is 0 Å². The van der Waals surface area contributed by atoms with Crippen LogP contribution >= 0.6 is 15.9 Å². The first-order chi connectivity index (χ1) is 11.2. The molecule has 2 aromatic rings. The minimum absolute atomic E-state index is 0.0852. The zero-order valence-corrected chi connectivity index (χ0v) is 13.5. The smallest absolute Gasteiger partial charge is 0.422 e. The van der Waals surface area contributed by atoms with E-state index in [1.54, 1.807) is 6.07 Å². The highest BCUT2D eigenvalue weighted by Gasteiger charge is 2.29. The molecule has 0 atom stereocenters. The summed E-state index contributed by atoms with van der Waals surface area (Å²) in [6.07, 6.45) is -5.01. The van der Waals surface area contributed by atoms with E-state index >= 15 is 0 Å². The molecular formula is C12H11BrF3N4O4+. The first kappa shape index (κ1) is 18.0. The van der Waals surface area contributed by atoms with Gasteiger partial charge < -0.3 is 15.3 Å². The fourth-order valence-electron chi connectivity index (χ4n) is 1.75. The van der Waals surface area contributed by atoms with Crippen LogP contribution in [-0.4, -0.2) is 40.3 Å². The molecule has 0 aliphatic heterocycles. The summed E-state index contributed by atoms with van der Waals surface area (Å²) in [5.41, 5.74) is 0.229. The van der Waals surface area contributed by atoms with Crippen molar-refractivity contribution < 1.29 is 32.5 Å². The third kappa shape index (κ3) is 4.57. The predicted octanol–water partition coefficient (Wildman–Crippen LogP) is 1.86. The van der Waals surface area contributed by atoms with Gasteiger partial charge in [0.25, 0.3) is 0 Å². The summed E-state index contributed by atoms with van der Waals surface area (Å²) in [6.45, 7) is -1.86. The fraction of sp³-hybridized carbons (Fsp3) is 0.333. The molecule has 24 heavy (non-hydrogen) atoms. The van der Waals surface area contributed by atoms with E-state index in [-0.39, 0.29) is 28.1 Å². The number of aromatic nitrogens is 3. The molecule has 1 heterocycles. The minimum Gasteiger partial charge on any atom is -0.456 e. The van der Waals surface area contributed by atoms with E-state index < -0.39 is 25.2 Å². The number of carbonyl (C=O) groups excluding carboxylic acids is 1. The van der Waals surface area contributed by atoms with Crippen LogP contribution in [0, 0.1) is 4.91 Å². The number of hydrogen-bond acceptors (Lipinski definition) is 6. The van der Waals surface area contributed by atoms with E-state index in [9.17, 15) is 28.1 Å². The SMILES string of the molecule is O=C(CCNc1n[n+](=O)c2cc(Br)ccc2n1O)OCC(F)(F)F. The molecule has 0 spiro atoms. The number of nitrogens with zero attached hydrogens (tertiary/aromatic N) is 3. The first-order valence-electron chi connectivity index (χ1n) is 6.48. The first-order valence-corrected chi connectivity index (χ1v) is 7.27. The van der Waals surface area contributed by atoms with Gasteiger partial charge >= 0.3 is 23.6 Å². The Balaban J connectivity index is 2.03. The molecule has 0 radical (unpaired) electrons. The number of esters is 1. The molecule has 0 unspecified atom stereocenters. The monoisotopic (exact) mass is 411 g/mol. The molecule has 12 heteroatoms. The van der Waals surface area contributed by atoms with Gasteiger partial charge in [-0.05, 0) is 12.1 Å². The Kier molecular flexibility index (Phi) is 5.26. The van der Waals surface area contributed by atoms with Gasteiger partial charge in [-0.15, -0.1) is 4.73 Å². The Labute approximate surface area is 140 Å². The Morgan fingerprint density at radius 2 is 2.17 bits per heavy atom. The molecule has 8 nitrogen and oxygen atoms in total. The number of hydrogen-bond donors (Lipinski definition) is 2. The Morgan fingerprint density at radius 3 is 2.83 bits per heavy atom. The number of nitrogens with one attached hydrogen (secondary N) is 1. The third-order valence-corrected chi connectivity index (χ3v) is 3.26. The van der Waals surface area contributed by atoms with E-state index in [1.807, 2.05) is 0 Å². The number of anilines is 1. The van der Waals surface area contributed by atoms with Gasteiger partial charge in [0.15, 0.2) is 16.7 Å². The maximum Gasteiger partial charge on any atom is 0.422 e. The van der Waals surface area contributed by atoms with Gasteiger partial charge in [-0.3, -0.25) is 4.79 Å². The summed E-state index contributed by atoms with van der Waals surface area (Å²) in [5, 5.41) is 16.0. The summed E-state index contributed by atoms with van der Waals surface area (Å²) in [5.74, 6) is -1.35. The molecule has 0 amide bonds. The van der Waals surface area contributed by atoms with Crippen LogP contribution in [0.15, 0.2) is 22.7 Å². The van der Waals surface area contributed by atoms with Crippen LogP contribution in [-0.2, 0) is 9.53 Å². The van der Waals surface area contributed by atoms with E-state index in [1.165, 1.54) is 12.1 Å². The zero-order chi connectivity index (χ0) is 17.9. The summed E-state index contributed by atoms with van der Waals surface area (Å²) in [4.78, 5) is 23.0. The highest BCUT2D eigenvalue weighted by Crippen LogP contribution is 2.17. The van der Waals surface area contributed by atoms with Crippen molar-refractivity contribution in [3.8, 4) is 0 Å². The second kappa shape index (κ2) is 7.03. The van der Waals surface area contributed by atoms with Crippen LogP contribution < -0.4 is 9.86 Å². The van der Waals surface area contributed by atoms with Crippen molar-refractivity contribution in [3.05, 3.63) is 27.6 Å². The summed E-state index contributed by atoms with van der Waals surface area (Å²) < 4.78 is 41.2. The van der Waals surface area contributed by atoms with Gasteiger partial charge in [0.1, 0.15) is 0 Å². The minimum atomic E-state index is -4.60. The molecule has 1 aromatic heterocycles. The second-order valence-electron chi connectivity index (χ2n) is 4.59. The van der Waals surface area contributed by atoms with Crippen molar-refractivity contribution in [1.82, 2.24) is 9.83 Å². The molecule has 0 saturated carbocycles.